The fourth-order valence-electron chi connectivity index (χ4n) is 4.65. The Morgan fingerprint density at radius 2 is 1.58 bits per heavy atom. The number of rotatable bonds is 18. The molecule has 4 nitrogen and oxygen atoms in total. The number of ether oxygens (including phenoxy) is 1. The average molecular weight is 540 g/mol. The average Bonchev–Trinajstić information content (AvgIpc) is 3.33. The zero-order valence-corrected chi connectivity index (χ0v) is 24.0. The highest BCUT2D eigenvalue weighted by atomic mass is 32.1. The number of carbonyl (C=O) groups is 1. The molecule has 1 N–H and O–H groups in total. The third kappa shape index (κ3) is 10.2. The lowest BCUT2D eigenvalue weighted by Gasteiger charge is -2.10. The molecule has 0 radical (unpaired) electrons. The number of unbranched alkanes of at least 4 members (excludes halogenated alkanes) is 11. The molecule has 206 valence electrons. The number of anilines is 1. The van der Waals surface area contributed by atoms with Gasteiger partial charge in [-0.05, 0) is 36.2 Å². The van der Waals surface area contributed by atoms with E-state index in [4.69, 9.17) is 4.74 Å². The number of para-hydroxylation sites is 1. The molecule has 0 aliphatic heterocycles. The number of aryl methyl sites for hydroxylation is 1. The van der Waals surface area contributed by atoms with Gasteiger partial charge in [0.05, 0.1) is 29.7 Å². The van der Waals surface area contributed by atoms with Crippen molar-refractivity contribution in [1.29, 1.82) is 0 Å². The summed E-state index contributed by atoms with van der Waals surface area (Å²) >= 11 is 1.62. The molecule has 0 fully saturated rings. The Morgan fingerprint density at radius 3 is 2.21 bits per heavy atom. The molecule has 38 heavy (non-hydrogen) atoms. The smallest absolute Gasteiger partial charge is 0.270 e. The van der Waals surface area contributed by atoms with Crippen molar-refractivity contribution in [2.24, 2.45) is 7.05 Å². The summed E-state index contributed by atoms with van der Waals surface area (Å²) in [6.07, 6.45) is 17.5. The van der Waals surface area contributed by atoms with Crippen molar-refractivity contribution in [3.8, 4) is 16.3 Å². The molecule has 0 atom stereocenters. The van der Waals surface area contributed by atoms with E-state index in [2.05, 4.69) is 12.2 Å². The number of thiazole rings is 1. The molecule has 1 heterocycles. The van der Waals surface area contributed by atoms with Gasteiger partial charge in [-0.3, -0.25) is 4.79 Å². The molecule has 0 unspecified atom stereocenters. The second-order valence-corrected chi connectivity index (χ2v) is 11.0. The third-order valence-electron chi connectivity index (χ3n) is 6.83. The van der Waals surface area contributed by atoms with E-state index >= 15 is 0 Å². The topological polar surface area (TPSA) is 42.2 Å². The minimum Gasteiger partial charge on any atom is -0.491 e. The van der Waals surface area contributed by atoms with Crippen LogP contribution in [0.25, 0.3) is 10.6 Å². The highest BCUT2D eigenvalue weighted by Crippen LogP contribution is 2.28. The maximum absolute atomic E-state index is 14.6. The van der Waals surface area contributed by atoms with E-state index in [0.29, 0.717) is 12.2 Å². The van der Waals surface area contributed by atoms with Crippen molar-refractivity contribution in [2.75, 3.05) is 11.9 Å². The van der Waals surface area contributed by atoms with Crippen LogP contribution >= 0.6 is 11.3 Å². The van der Waals surface area contributed by atoms with Gasteiger partial charge >= 0.3 is 0 Å². The maximum atomic E-state index is 14.6. The monoisotopic (exact) mass is 539 g/mol. The fraction of sp³-hybridized carbons (Fsp3) is 0.500. The molecular formula is C32H44FN2O2S+. The number of nitrogens with one attached hydrogen (secondary N) is 1. The van der Waals surface area contributed by atoms with Gasteiger partial charge in [-0.15, -0.1) is 0 Å². The van der Waals surface area contributed by atoms with Crippen LogP contribution in [0.1, 0.15) is 89.5 Å². The van der Waals surface area contributed by atoms with Crippen molar-refractivity contribution >= 4 is 22.9 Å². The summed E-state index contributed by atoms with van der Waals surface area (Å²) in [4.78, 5) is 12.7. The quantitative estimate of drug-likeness (QED) is 0.130. The largest absolute Gasteiger partial charge is 0.491 e. The van der Waals surface area contributed by atoms with Gasteiger partial charge in [0.15, 0.2) is 17.8 Å². The summed E-state index contributed by atoms with van der Waals surface area (Å²) < 4.78 is 22.3. The molecule has 0 saturated carbocycles. The van der Waals surface area contributed by atoms with Crippen molar-refractivity contribution < 1.29 is 18.5 Å². The number of aromatic nitrogens is 1. The van der Waals surface area contributed by atoms with Crippen LogP contribution in [0.2, 0.25) is 0 Å². The van der Waals surface area contributed by atoms with Crippen molar-refractivity contribution in [3.63, 3.8) is 0 Å². The Labute approximate surface area is 232 Å². The first kappa shape index (κ1) is 29.8. The molecule has 0 bridgehead atoms. The number of halogens is 1. The van der Waals surface area contributed by atoms with Gasteiger partial charge < -0.3 is 10.1 Å². The third-order valence-corrected chi connectivity index (χ3v) is 7.82. The Balaban J connectivity index is 1.33. The first-order valence-corrected chi connectivity index (χ1v) is 15.2. The Bertz CT molecular complexity index is 1110. The van der Waals surface area contributed by atoms with Crippen LogP contribution in [-0.2, 0) is 18.3 Å². The van der Waals surface area contributed by atoms with Gasteiger partial charge in [-0.25, -0.2) is 4.39 Å². The number of carbonyl (C=O) groups excluding carboxylic acids is 1. The van der Waals surface area contributed by atoms with Gasteiger partial charge in [0, 0.05) is 0 Å². The van der Waals surface area contributed by atoms with Crippen LogP contribution in [0.4, 0.5) is 10.1 Å². The minimum absolute atomic E-state index is 0.0981. The zero-order valence-electron chi connectivity index (χ0n) is 23.1. The summed E-state index contributed by atoms with van der Waals surface area (Å²) in [5.41, 5.74) is 2.33. The second-order valence-electron chi connectivity index (χ2n) is 10.1. The number of amides is 1. The van der Waals surface area contributed by atoms with Gasteiger partial charge in [0.1, 0.15) is 7.05 Å². The molecule has 0 aliphatic carbocycles. The van der Waals surface area contributed by atoms with E-state index in [1.54, 1.807) is 23.5 Å². The lowest BCUT2D eigenvalue weighted by Crippen LogP contribution is -2.27. The van der Waals surface area contributed by atoms with Crippen LogP contribution in [-0.4, -0.2) is 12.5 Å². The van der Waals surface area contributed by atoms with E-state index in [1.807, 2.05) is 47.5 Å². The first-order valence-electron chi connectivity index (χ1n) is 14.3. The van der Waals surface area contributed by atoms with Crippen LogP contribution < -0.4 is 14.6 Å². The standard InChI is InChI=1S/C32H43FN2O2S/c1-3-4-5-6-7-8-9-10-11-12-13-16-22-37-30-20-19-26(24-28(30)33)25-31(36)34-29-18-15-14-17-27(29)32-35(2)21-23-38-32/h14-15,17-21,23-24H,3-13,16,22,25H2,1-2H3/p+1. The number of benzene rings is 2. The van der Waals surface area contributed by atoms with Gasteiger partial charge in [0.25, 0.3) is 5.01 Å². The normalized spacial score (nSPS) is 11.0. The highest BCUT2D eigenvalue weighted by molar-refractivity contribution is 7.12. The Kier molecular flexibility index (Phi) is 13.3. The molecule has 3 rings (SSSR count). The van der Waals surface area contributed by atoms with Crippen LogP contribution in [0.3, 0.4) is 0 Å². The summed E-state index contributed by atoms with van der Waals surface area (Å²) in [5.74, 6) is -0.339. The van der Waals surface area contributed by atoms with Crippen molar-refractivity contribution in [1.82, 2.24) is 0 Å². The number of hydrogen-bond donors (Lipinski definition) is 1. The molecule has 2 aromatic carbocycles. The molecule has 3 aromatic rings. The lowest BCUT2D eigenvalue weighted by atomic mass is 10.1. The summed E-state index contributed by atoms with van der Waals surface area (Å²) in [6.45, 7) is 2.78. The number of nitrogens with zero attached hydrogens (tertiary/aromatic N) is 1. The highest BCUT2D eigenvalue weighted by Gasteiger charge is 2.17. The van der Waals surface area contributed by atoms with Crippen LogP contribution in [0.15, 0.2) is 54.0 Å². The lowest BCUT2D eigenvalue weighted by molar-refractivity contribution is -0.655. The molecule has 0 saturated heterocycles. The molecule has 0 spiro atoms. The van der Waals surface area contributed by atoms with E-state index in [-0.39, 0.29) is 18.1 Å². The van der Waals surface area contributed by atoms with E-state index < -0.39 is 5.82 Å². The molecule has 1 aromatic heterocycles. The summed E-state index contributed by atoms with van der Waals surface area (Å²) in [5, 5.41) is 6.06. The predicted molar refractivity (Wildman–Crippen MR) is 156 cm³/mol. The molecule has 0 aliphatic rings. The van der Waals surface area contributed by atoms with E-state index in [0.717, 1.165) is 29.1 Å². The maximum Gasteiger partial charge on any atom is 0.270 e. The summed E-state index contributed by atoms with van der Waals surface area (Å²) in [6, 6.07) is 12.5. The number of hydrogen-bond acceptors (Lipinski definition) is 3. The predicted octanol–water partition coefficient (Wildman–Crippen LogP) is 8.64. The van der Waals surface area contributed by atoms with E-state index in [9.17, 15) is 9.18 Å². The molecular weight excluding hydrogens is 495 g/mol. The summed E-state index contributed by atoms with van der Waals surface area (Å²) in [7, 11) is 1.98. The minimum atomic E-state index is -0.416. The molecule has 6 heteroatoms. The SMILES string of the molecule is CCCCCCCCCCCCCCOc1ccc(CC(=O)Nc2ccccc2-c2scc[n+]2C)cc1F. The first-order chi connectivity index (χ1) is 18.6. The van der Waals surface area contributed by atoms with Crippen LogP contribution in [0, 0.1) is 5.82 Å². The van der Waals surface area contributed by atoms with Gasteiger partial charge in [0.2, 0.25) is 5.91 Å². The van der Waals surface area contributed by atoms with Gasteiger partial charge in [-0.1, -0.05) is 107 Å². The van der Waals surface area contributed by atoms with Gasteiger partial charge in [-0.2, -0.15) is 4.57 Å². The zero-order chi connectivity index (χ0) is 27.0. The Morgan fingerprint density at radius 1 is 0.921 bits per heavy atom. The van der Waals surface area contributed by atoms with Crippen LogP contribution in [0.5, 0.6) is 5.75 Å². The molecule has 1 amide bonds. The second kappa shape index (κ2) is 17.0. The van der Waals surface area contributed by atoms with Crippen molar-refractivity contribution in [3.05, 3.63) is 65.4 Å². The van der Waals surface area contributed by atoms with Crippen molar-refractivity contribution in [2.45, 2.75) is 90.4 Å². The fourth-order valence-corrected chi connectivity index (χ4v) is 5.55. The van der Waals surface area contributed by atoms with E-state index in [1.165, 1.54) is 70.3 Å². The Hall–Kier alpha value is -2.73.